The summed E-state index contributed by atoms with van der Waals surface area (Å²) in [5.41, 5.74) is 11.4. The van der Waals surface area contributed by atoms with Gasteiger partial charge in [0.25, 0.3) is 5.56 Å². The van der Waals surface area contributed by atoms with Crippen molar-refractivity contribution in [3.05, 3.63) is 41.2 Å². The molecule has 3 fully saturated rings. The van der Waals surface area contributed by atoms with E-state index in [1.807, 2.05) is 0 Å². The molecule has 4 aromatic heterocycles. The van der Waals surface area contributed by atoms with Gasteiger partial charge in [-0.1, -0.05) is 0 Å². The second-order valence-electron chi connectivity index (χ2n) is 10.4. The number of rotatable bonds is 2. The molecule has 0 aromatic carbocycles. The van der Waals surface area contributed by atoms with Gasteiger partial charge in [0.15, 0.2) is 18.1 Å². The second-order valence-corrected chi connectivity index (χ2v) is 14.6. The Balaban J connectivity index is 1.21. The van der Waals surface area contributed by atoms with Crippen molar-refractivity contribution in [1.82, 2.24) is 29.1 Å². The minimum Gasteiger partial charge on any atom is -0.387 e. The van der Waals surface area contributed by atoms with Crippen LogP contribution < -0.4 is 17.0 Å². The molecule has 20 nitrogen and oxygen atoms in total. The summed E-state index contributed by atoms with van der Waals surface area (Å²) in [7, 11) is -4.99. The van der Waals surface area contributed by atoms with E-state index in [9.17, 15) is 29.4 Å². The zero-order valence-corrected chi connectivity index (χ0v) is 25.3. The summed E-state index contributed by atoms with van der Waals surface area (Å²) in [6.07, 6.45) is -7.20. The number of aromatic nitrogens is 6. The van der Waals surface area contributed by atoms with Gasteiger partial charge < -0.3 is 54.6 Å². The minimum absolute atomic E-state index is 0.0485. The Labute approximate surface area is 256 Å². The predicted molar refractivity (Wildman–Crippen MR) is 155 cm³/mol. The Morgan fingerprint density at radius 2 is 1.60 bits per heavy atom. The van der Waals surface area contributed by atoms with Crippen LogP contribution in [0.5, 0.6) is 0 Å². The molecule has 7 heterocycles. The van der Waals surface area contributed by atoms with Crippen molar-refractivity contribution in [3.63, 3.8) is 0 Å². The summed E-state index contributed by atoms with van der Waals surface area (Å²) in [5, 5.41) is 22.9. The first-order chi connectivity index (χ1) is 21.3. The van der Waals surface area contributed by atoms with Crippen LogP contribution >= 0.6 is 14.5 Å². The lowest BCUT2D eigenvalue weighted by Gasteiger charge is -2.27. The number of nitrogen functional groups attached to an aromatic ring is 2. The molecule has 3 saturated heterocycles. The number of aromatic amines is 1. The van der Waals surface area contributed by atoms with E-state index in [1.165, 1.54) is 33.9 Å². The van der Waals surface area contributed by atoms with Crippen LogP contribution in [0.25, 0.3) is 22.1 Å². The normalized spacial score (nSPS) is 37.7. The highest BCUT2D eigenvalue weighted by Gasteiger charge is 2.53. The van der Waals surface area contributed by atoms with Crippen LogP contribution in [0, 0.1) is 0 Å². The molecule has 45 heavy (non-hydrogen) atoms. The van der Waals surface area contributed by atoms with Crippen molar-refractivity contribution in [2.45, 2.75) is 49.1 Å². The number of phosphoric ester groups is 1. The number of aliphatic hydroxyl groups is 2. The fraction of sp³-hybridized carbons (Fsp3) is 0.455. The maximum absolute atomic E-state index is 13.1. The van der Waals surface area contributed by atoms with Gasteiger partial charge in [0.2, 0.25) is 5.95 Å². The third kappa shape index (κ3) is 5.48. The Morgan fingerprint density at radius 1 is 0.911 bits per heavy atom. The Hall–Kier alpha value is -2.88. The first-order valence-electron chi connectivity index (χ1n) is 13.2. The number of anilines is 2. The summed E-state index contributed by atoms with van der Waals surface area (Å²) in [4.78, 5) is 48.6. The molecule has 6 unspecified atom stereocenters. The Bertz CT molecular complexity index is 1940. The van der Waals surface area contributed by atoms with Gasteiger partial charge in [-0.05, 0) is 23.9 Å². The van der Waals surface area contributed by atoms with Gasteiger partial charge in [0, 0.05) is 12.4 Å². The van der Waals surface area contributed by atoms with E-state index in [0.29, 0.717) is 11.0 Å². The second kappa shape index (κ2) is 11.1. The number of ether oxygens (including phenoxy) is 2. The van der Waals surface area contributed by atoms with Crippen molar-refractivity contribution < 1.29 is 52.1 Å². The number of hydrogen-bond acceptors (Lipinski definition) is 16. The summed E-state index contributed by atoms with van der Waals surface area (Å²) in [6, 6.07) is 3.02. The van der Waals surface area contributed by atoms with Crippen LogP contribution in [-0.4, -0.2) is 98.9 Å². The van der Waals surface area contributed by atoms with Gasteiger partial charge in [-0.25, -0.2) is 14.5 Å². The Kier molecular flexibility index (Phi) is 7.61. The van der Waals surface area contributed by atoms with E-state index >= 15 is 0 Å². The molecule has 3 aliphatic rings. The van der Waals surface area contributed by atoms with E-state index < -0.39 is 82.4 Å². The van der Waals surface area contributed by atoms with Crippen LogP contribution in [0.2, 0.25) is 0 Å². The van der Waals surface area contributed by atoms with Crippen LogP contribution in [0.3, 0.4) is 0 Å². The summed E-state index contributed by atoms with van der Waals surface area (Å²) in [5.74, 6) is -0.0223. The molecule has 2 bridgehead atoms. The van der Waals surface area contributed by atoms with E-state index in [0.717, 1.165) is 0 Å². The van der Waals surface area contributed by atoms with Gasteiger partial charge >= 0.3 is 14.5 Å². The van der Waals surface area contributed by atoms with Gasteiger partial charge in [-0.3, -0.25) is 23.3 Å². The first-order valence-corrected chi connectivity index (χ1v) is 17.3. The fourth-order valence-corrected chi connectivity index (χ4v) is 7.95. The van der Waals surface area contributed by atoms with Crippen molar-refractivity contribution in [2.24, 2.45) is 0 Å². The molecule has 0 spiro atoms. The molecule has 0 radical (unpaired) electrons. The number of fused-ring (bicyclic) bond motifs is 5. The van der Waals surface area contributed by atoms with Gasteiger partial charge in [-0.2, -0.15) is 4.98 Å². The number of nitrogens with two attached hydrogens (primary N) is 2. The highest BCUT2D eigenvalue weighted by atomic mass is 32.5. The topological polar surface area (TPSA) is 287 Å². The van der Waals surface area contributed by atoms with E-state index in [4.69, 9.17) is 50.8 Å². The lowest BCUT2D eigenvalue weighted by atomic mass is 10.1. The number of nitrogens with one attached hydrogen (secondary N) is 1. The quantitative estimate of drug-likeness (QED) is 0.124. The predicted octanol–water partition coefficient (Wildman–Crippen LogP) is -1.02. The summed E-state index contributed by atoms with van der Waals surface area (Å²) in [6.45, 7) is -5.53. The van der Waals surface area contributed by atoms with Crippen LogP contribution in [0.15, 0.2) is 35.6 Å². The molecule has 4 aromatic rings. The number of hydrogen-bond donors (Lipinski definition) is 7. The van der Waals surface area contributed by atoms with Crippen LogP contribution in [0.1, 0.15) is 12.5 Å². The zero-order chi connectivity index (χ0) is 31.8. The molecular weight excluding hydrogens is 662 g/mol. The molecule has 3 aliphatic heterocycles. The molecule has 23 heteroatoms. The highest BCUT2D eigenvalue weighted by Crippen LogP contribution is 2.54. The molecule has 0 amide bonds. The maximum Gasteiger partial charge on any atom is 0.472 e. The third-order valence-corrected chi connectivity index (χ3v) is 10.2. The molecular formula is C22H26N8O12P2S. The van der Waals surface area contributed by atoms with Crippen molar-refractivity contribution in [2.75, 3.05) is 24.7 Å². The molecule has 242 valence electrons. The lowest BCUT2D eigenvalue weighted by Crippen LogP contribution is -2.36. The summed E-state index contributed by atoms with van der Waals surface area (Å²) < 4.78 is 49.6. The molecule has 0 saturated carbocycles. The van der Waals surface area contributed by atoms with E-state index in [-0.39, 0.29) is 22.8 Å². The number of H-pyrrole nitrogens is 1. The van der Waals surface area contributed by atoms with Gasteiger partial charge in [0.05, 0.1) is 24.0 Å². The standard InChI is InChI=1S/C22H26N8O12P2S/c23-16-8-1-3-29(17(8)26-7-25-16)21-15-12(31)10(39-21)5-37-43(34,35)41-14-11(6-38-44(36,45)42-15)40-20(13(14)32)30-4-2-9-18(30)27-22(24)28-19(9)33/h1-4,7,10-15,20-21,31-32H,5-6H2,(H,34,35)(H,36,45)(H2,23,25,26)(H3,24,27,28,33)/t10-,11-,12?,13?,14?,15?,20-,21-,44?/m1/s1. The van der Waals surface area contributed by atoms with E-state index in [2.05, 4.69) is 19.9 Å². The smallest absolute Gasteiger partial charge is 0.387 e. The average molecular weight is 689 g/mol. The largest absolute Gasteiger partial charge is 0.472 e. The summed E-state index contributed by atoms with van der Waals surface area (Å²) >= 11 is 5.25. The zero-order valence-electron chi connectivity index (χ0n) is 22.7. The van der Waals surface area contributed by atoms with Crippen LogP contribution in [0.4, 0.5) is 11.8 Å². The number of phosphoric acid groups is 1. The highest BCUT2D eigenvalue weighted by molar-refractivity contribution is 8.07. The monoisotopic (exact) mass is 688 g/mol. The molecule has 9 N–H and O–H groups in total. The third-order valence-electron chi connectivity index (χ3n) is 7.62. The average Bonchev–Trinajstić information content (AvgIpc) is 3.72. The SMILES string of the molecule is Nc1nc2c(ccn2[C@@H]2O[C@@H]3COP(O)(=S)OC4C(O)[C@@H](COP(=O)(O)OC3C2O)O[C@H]4n2ccc3c(N)ncnc32)c(=O)[nH]1. The van der Waals surface area contributed by atoms with Gasteiger partial charge in [0.1, 0.15) is 54.4 Å². The first kappa shape index (κ1) is 30.8. The number of aliphatic hydroxyl groups excluding tert-OH is 2. The number of nitrogens with zero attached hydrogens (tertiary/aromatic N) is 5. The van der Waals surface area contributed by atoms with Crippen molar-refractivity contribution in [3.8, 4) is 0 Å². The van der Waals surface area contributed by atoms with E-state index in [1.54, 1.807) is 6.07 Å². The minimum atomic E-state index is -4.99. The Morgan fingerprint density at radius 3 is 2.38 bits per heavy atom. The molecule has 7 rings (SSSR count). The molecule has 10 atom stereocenters. The maximum atomic E-state index is 13.1. The fourth-order valence-electron chi connectivity index (χ4n) is 5.57. The van der Waals surface area contributed by atoms with Crippen molar-refractivity contribution >= 4 is 60.2 Å². The van der Waals surface area contributed by atoms with Gasteiger partial charge in [-0.15, -0.1) is 0 Å². The van der Waals surface area contributed by atoms with Crippen molar-refractivity contribution in [1.29, 1.82) is 0 Å². The molecule has 0 aliphatic carbocycles. The lowest BCUT2D eigenvalue weighted by molar-refractivity contribution is -0.0634. The van der Waals surface area contributed by atoms with Crippen LogP contribution in [-0.2, 0) is 43.9 Å².